The molecule has 0 saturated carbocycles. The fourth-order valence-electron chi connectivity index (χ4n) is 2.21. The van der Waals surface area contributed by atoms with Gasteiger partial charge in [-0.25, -0.2) is 4.98 Å². The van der Waals surface area contributed by atoms with Gasteiger partial charge in [-0.15, -0.1) is 24.8 Å². The second kappa shape index (κ2) is 9.80. The third-order valence-electron chi connectivity index (χ3n) is 3.12. The van der Waals surface area contributed by atoms with Gasteiger partial charge in [0, 0.05) is 32.4 Å². The van der Waals surface area contributed by atoms with Crippen molar-refractivity contribution in [2.45, 2.75) is 19.3 Å². The SMILES string of the molecule is Cl.Cl.NCCNC(=O)c1cccnc1N1CCCCC1. The Morgan fingerprint density at radius 2 is 2.00 bits per heavy atom. The van der Waals surface area contributed by atoms with E-state index in [0.29, 0.717) is 18.7 Å². The maximum Gasteiger partial charge on any atom is 0.255 e. The fraction of sp³-hybridized carbons (Fsp3) is 0.538. The molecule has 0 unspecified atom stereocenters. The Kier molecular flexibility index (Phi) is 9.29. The predicted octanol–water partition coefficient (Wildman–Crippen LogP) is 1.60. The molecule has 1 aliphatic rings. The molecule has 3 N–H and O–H groups in total. The van der Waals surface area contributed by atoms with E-state index >= 15 is 0 Å². The number of carbonyl (C=O) groups is 1. The lowest BCUT2D eigenvalue weighted by molar-refractivity contribution is 0.0955. The molecule has 0 atom stereocenters. The molecule has 0 spiro atoms. The lowest BCUT2D eigenvalue weighted by Gasteiger charge is -2.29. The van der Waals surface area contributed by atoms with Crippen LogP contribution in [0.1, 0.15) is 29.6 Å². The number of amides is 1. The van der Waals surface area contributed by atoms with E-state index in [1.54, 1.807) is 12.3 Å². The van der Waals surface area contributed by atoms with Crippen molar-refractivity contribution in [3.63, 3.8) is 0 Å². The number of anilines is 1. The summed E-state index contributed by atoms with van der Waals surface area (Å²) in [4.78, 5) is 18.6. The second-order valence-corrected chi connectivity index (χ2v) is 4.47. The molecule has 1 aliphatic heterocycles. The van der Waals surface area contributed by atoms with Gasteiger partial charge >= 0.3 is 0 Å². The monoisotopic (exact) mass is 320 g/mol. The minimum absolute atomic E-state index is 0. The number of pyridine rings is 1. The first-order chi connectivity index (χ1) is 8.83. The molecule has 1 aromatic rings. The molecule has 1 aromatic heterocycles. The van der Waals surface area contributed by atoms with Crippen LogP contribution in [-0.4, -0.2) is 37.1 Å². The van der Waals surface area contributed by atoms with Crippen molar-refractivity contribution in [3.05, 3.63) is 23.9 Å². The average molecular weight is 321 g/mol. The topological polar surface area (TPSA) is 71.2 Å². The molecule has 0 aliphatic carbocycles. The first kappa shape index (κ1) is 19.0. The number of nitrogens with two attached hydrogens (primary N) is 1. The van der Waals surface area contributed by atoms with Crippen molar-refractivity contribution < 1.29 is 4.79 Å². The smallest absolute Gasteiger partial charge is 0.255 e. The van der Waals surface area contributed by atoms with Crippen LogP contribution < -0.4 is 16.0 Å². The number of rotatable bonds is 4. The third kappa shape index (κ3) is 4.81. The van der Waals surface area contributed by atoms with E-state index in [-0.39, 0.29) is 30.7 Å². The highest BCUT2D eigenvalue weighted by Gasteiger charge is 2.18. The Morgan fingerprint density at radius 1 is 1.30 bits per heavy atom. The summed E-state index contributed by atoms with van der Waals surface area (Å²) in [6.07, 6.45) is 5.34. The zero-order valence-corrected chi connectivity index (χ0v) is 13.0. The Balaban J connectivity index is 0.00000180. The highest BCUT2D eigenvalue weighted by Crippen LogP contribution is 2.21. The van der Waals surface area contributed by atoms with Gasteiger partial charge in [0.05, 0.1) is 5.56 Å². The number of aromatic nitrogens is 1. The minimum atomic E-state index is -0.0888. The van der Waals surface area contributed by atoms with Crippen LogP contribution in [0, 0.1) is 0 Å². The van der Waals surface area contributed by atoms with Crippen LogP contribution in [0.5, 0.6) is 0 Å². The van der Waals surface area contributed by atoms with Crippen LogP contribution in [0.2, 0.25) is 0 Å². The highest BCUT2D eigenvalue weighted by molar-refractivity contribution is 5.98. The first-order valence-electron chi connectivity index (χ1n) is 6.51. The molecule has 2 rings (SSSR count). The number of nitrogens with one attached hydrogen (secondary N) is 1. The zero-order chi connectivity index (χ0) is 12.8. The van der Waals surface area contributed by atoms with Crippen molar-refractivity contribution in [2.24, 2.45) is 5.73 Å². The second-order valence-electron chi connectivity index (χ2n) is 4.47. The van der Waals surface area contributed by atoms with Crippen LogP contribution in [-0.2, 0) is 0 Å². The third-order valence-corrected chi connectivity index (χ3v) is 3.12. The van der Waals surface area contributed by atoms with Crippen LogP contribution >= 0.6 is 24.8 Å². The summed E-state index contributed by atoms with van der Waals surface area (Å²) in [6, 6.07) is 3.62. The molecule has 0 aromatic carbocycles. The summed E-state index contributed by atoms with van der Waals surface area (Å²) in [6.45, 7) is 2.90. The van der Waals surface area contributed by atoms with Gasteiger partial charge in [-0.2, -0.15) is 0 Å². The van der Waals surface area contributed by atoms with Gasteiger partial charge < -0.3 is 16.0 Å². The van der Waals surface area contributed by atoms with Crippen molar-refractivity contribution in [1.82, 2.24) is 10.3 Å². The largest absolute Gasteiger partial charge is 0.356 e. The minimum Gasteiger partial charge on any atom is -0.356 e. The summed E-state index contributed by atoms with van der Waals surface area (Å²) < 4.78 is 0. The number of piperidine rings is 1. The lowest BCUT2D eigenvalue weighted by atomic mass is 10.1. The molecule has 7 heteroatoms. The van der Waals surface area contributed by atoms with Gasteiger partial charge in [0.2, 0.25) is 0 Å². The summed E-state index contributed by atoms with van der Waals surface area (Å²) in [5.41, 5.74) is 6.04. The van der Waals surface area contributed by atoms with Gasteiger partial charge in [0.1, 0.15) is 5.82 Å². The van der Waals surface area contributed by atoms with Crippen molar-refractivity contribution >= 4 is 36.5 Å². The van der Waals surface area contributed by atoms with E-state index in [1.807, 2.05) is 6.07 Å². The predicted molar refractivity (Wildman–Crippen MR) is 86.2 cm³/mol. The molecule has 2 heterocycles. The van der Waals surface area contributed by atoms with E-state index < -0.39 is 0 Å². The van der Waals surface area contributed by atoms with Crippen LogP contribution in [0.25, 0.3) is 0 Å². The van der Waals surface area contributed by atoms with Gasteiger partial charge in [-0.1, -0.05) is 0 Å². The van der Waals surface area contributed by atoms with E-state index in [0.717, 1.165) is 18.9 Å². The number of nitrogens with zero attached hydrogens (tertiary/aromatic N) is 2. The standard InChI is InChI=1S/C13H20N4O.2ClH/c14-6-8-16-13(18)11-5-4-7-15-12(11)17-9-2-1-3-10-17;;/h4-5,7H,1-3,6,8-10,14H2,(H,16,18);2*1H. The van der Waals surface area contributed by atoms with E-state index in [2.05, 4.69) is 15.2 Å². The molecule has 1 fully saturated rings. The van der Waals surface area contributed by atoms with Crippen molar-refractivity contribution in [2.75, 3.05) is 31.1 Å². The number of hydrogen-bond donors (Lipinski definition) is 2. The van der Waals surface area contributed by atoms with Crippen LogP contribution in [0.15, 0.2) is 18.3 Å². The number of halogens is 2. The molecule has 0 bridgehead atoms. The quantitative estimate of drug-likeness (QED) is 0.884. The summed E-state index contributed by atoms with van der Waals surface area (Å²) in [7, 11) is 0. The Morgan fingerprint density at radius 3 is 2.65 bits per heavy atom. The molecular weight excluding hydrogens is 299 g/mol. The Labute approximate surface area is 132 Å². The van der Waals surface area contributed by atoms with E-state index in [4.69, 9.17) is 5.73 Å². The van der Waals surface area contributed by atoms with Crippen molar-refractivity contribution in [3.8, 4) is 0 Å². The molecule has 20 heavy (non-hydrogen) atoms. The Hall–Kier alpha value is -1.04. The van der Waals surface area contributed by atoms with E-state index in [9.17, 15) is 4.79 Å². The lowest BCUT2D eigenvalue weighted by Crippen LogP contribution is -2.34. The van der Waals surface area contributed by atoms with Gasteiger partial charge in [0.15, 0.2) is 0 Å². The van der Waals surface area contributed by atoms with Gasteiger partial charge in [0.25, 0.3) is 5.91 Å². The number of hydrogen-bond acceptors (Lipinski definition) is 4. The molecule has 0 radical (unpaired) electrons. The Bertz CT molecular complexity index is 411. The molecule has 1 amide bonds. The fourth-order valence-corrected chi connectivity index (χ4v) is 2.21. The normalized spacial score (nSPS) is 13.9. The summed E-state index contributed by atoms with van der Waals surface area (Å²) >= 11 is 0. The van der Waals surface area contributed by atoms with Crippen LogP contribution in [0.3, 0.4) is 0 Å². The van der Waals surface area contributed by atoms with Gasteiger partial charge in [-0.3, -0.25) is 4.79 Å². The number of carbonyl (C=O) groups excluding carboxylic acids is 1. The highest BCUT2D eigenvalue weighted by atomic mass is 35.5. The van der Waals surface area contributed by atoms with E-state index in [1.165, 1.54) is 19.3 Å². The van der Waals surface area contributed by atoms with Gasteiger partial charge in [-0.05, 0) is 31.4 Å². The first-order valence-corrected chi connectivity index (χ1v) is 6.51. The summed E-state index contributed by atoms with van der Waals surface area (Å²) in [5, 5.41) is 2.80. The van der Waals surface area contributed by atoms with Crippen molar-refractivity contribution in [1.29, 1.82) is 0 Å². The molecular formula is C13H22Cl2N4O. The maximum atomic E-state index is 12.0. The molecule has 1 saturated heterocycles. The summed E-state index contributed by atoms with van der Waals surface area (Å²) in [5.74, 6) is 0.709. The van der Waals surface area contributed by atoms with Crippen LogP contribution in [0.4, 0.5) is 5.82 Å². The zero-order valence-electron chi connectivity index (χ0n) is 11.4. The molecule has 5 nitrogen and oxygen atoms in total. The molecule has 114 valence electrons. The average Bonchev–Trinajstić information content (AvgIpc) is 2.45. The maximum absolute atomic E-state index is 12.0.